The Bertz CT molecular complexity index is 1140. The number of fused-ring (bicyclic) bond motifs is 2. The molecule has 0 saturated heterocycles. The smallest absolute Gasteiger partial charge is 0.252 e. The van der Waals surface area contributed by atoms with Gasteiger partial charge in [-0.2, -0.15) is 5.10 Å². The molecule has 8 heteroatoms. The topological polar surface area (TPSA) is 104 Å². The summed E-state index contributed by atoms with van der Waals surface area (Å²) in [7, 11) is 0. The summed E-state index contributed by atoms with van der Waals surface area (Å²) in [6.45, 7) is 2.26. The number of hydrogen-bond donors (Lipinski definition) is 3. The van der Waals surface area contributed by atoms with Crippen molar-refractivity contribution in [2.75, 3.05) is 0 Å². The van der Waals surface area contributed by atoms with E-state index in [-0.39, 0.29) is 11.8 Å². The number of benzene rings is 1. The predicted octanol–water partition coefficient (Wildman–Crippen LogP) is 1.78. The Kier molecular flexibility index (Phi) is 4.29. The quantitative estimate of drug-likeness (QED) is 0.503. The van der Waals surface area contributed by atoms with Crippen LogP contribution in [0, 0.1) is 0 Å². The molecule has 0 unspecified atom stereocenters. The lowest BCUT2D eigenvalue weighted by Gasteiger charge is -2.04. The average Bonchev–Trinajstić information content (AvgIpc) is 3.29. The number of carbonyl (C=O) groups excluding carboxylic acids is 2. The molecule has 0 fully saturated rings. The predicted molar refractivity (Wildman–Crippen MR) is 100.0 cm³/mol. The molecule has 0 aliphatic rings. The number of aromatic nitrogens is 4. The van der Waals surface area contributed by atoms with E-state index >= 15 is 0 Å². The zero-order valence-electron chi connectivity index (χ0n) is 14.7. The van der Waals surface area contributed by atoms with Gasteiger partial charge in [-0.25, -0.2) is 4.98 Å². The van der Waals surface area contributed by atoms with Gasteiger partial charge in [0.2, 0.25) is 5.91 Å². The lowest BCUT2D eigenvalue weighted by Crippen LogP contribution is -2.23. The molecule has 0 radical (unpaired) electrons. The van der Waals surface area contributed by atoms with Crippen LogP contribution in [0.2, 0.25) is 0 Å². The Morgan fingerprint density at radius 1 is 1.11 bits per heavy atom. The Balaban J connectivity index is 1.47. The number of pyridine rings is 1. The molecule has 2 amide bonds. The SMILES string of the molecule is CC(=O)NCc1ccc2nc(CNC(=O)c3cccc4[nH]ncc34)cn2c1. The molecule has 4 rings (SSSR count). The molecule has 0 spiro atoms. The van der Waals surface area contributed by atoms with Gasteiger partial charge < -0.3 is 15.0 Å². The lowest BCUT2D eigenvalue weighted by molar-refractivity contribution is -0.119. The Labute approximate surface area is 154 Å². The van der Waals surface area contributed by atoms with Crippen LogP contribution in [0.3, 0.4) is 0 Å². The van der Waals surface area contributed by atoms with Gasteiger partial charge in [-0.1, -0.05) is 12.1 Å². The molecule has 0 bridgehead atoms. The third kappa shape index (κ3) is 3.50. The second kappa shape index (κ2) is 6.91. The van der Waals surface area contributed by atoms with E-state index in [1.165, 1.54) is 6.92 Å². The second-order valence-corrected chi connectivity index (χ2v) is 6.26. The first-order chi connectivity index (χ1) is 13.1. The number of nitrogens with zero attached hydrogens (tertiary/aromatic N) is 3. The summed E-state index contributed by atoms with van der Waals surface area (Å²) in [5.41, 5.74) is 3.89. The van der Waals surface area contributed by atoms with E-state index in [2.05, 4.69) is 25.8 Å². The van der Waals surface area contributed by atoms with E-state index in [4.69, 9.17) is 0 Å². The first-order valence-electron chi connectivity index (χ1n) is 8.51. The van der Waals surface area contributed by atoms with Gasteiger partial charge in [0, 0.05) is 31.2 Å². The highest BCUT2D eigenvalue weighted by atomic mass is 16.2. The molecule has 0 aliphatic carbocycles. The van der Waals surface area contributed by atoms with Gasteiger partial charge in [-0.15, -0.1) is 0 Å². The fourth-order valence-corrected chi connectivity index (χ4v) is 2.94. The van der Waals surface area contributed by atoms with Crippen LogP contribution in [0.25, 0.3) is 16.6 Å². The number of H-pyrrole nitrogens is 1. The summed E-state index contributed by atoms with van der Waals surface area (Å²) in [4.78, 5) is 28.1. The van der Waals surface area contributed by atoms with Crippen molar-refractivity contribution >= 4 is 28.4 Å². The van der Waals surface area contributed by atoms with Gasteiger partial charge in [-0.05, 0) is 23.8 Å². The van der Waals surface area contributed by atoms with E-state index in [0.29, 0.717) is 18.7 Å². The van der Waals surface area contributed by atoms with E-state index in [1.54, 1.807) is 12.3 Å². The number of carbonyl (C=O) groups is 2. The standard InChI is InChI=1S/C19H18N6O2/c1-12(26)20-7-13-5-6-18-23-14(11-25(18)10-13)8-21-19(27)15-3-2-4-17-16(15)9-22-24-17/h2-6,9-11H,7-8H2,1H3,(H,20,26)(H,21,27)(H,22,24). The normalized spacial score (nSPS) is 11.0. The summed E-state index contributed by atoms with van der Waals surface area (Å²) < 4.78 is 1.88. The fraction of sp³-hybridized carbons (Fsp3) is 0.158. The minimum absolute atomic E-state index is 0.0724. The average molecular weight is 362 g/mol. The van der Waals surface area contributed by atoms with Gasteiger partial charge in [0.25, 0.3) is 5.91 Å². The van der Waals surface area contributed by atoms with Crippen LogP contribution in [0.5, 0.6) is 0 Å². The number of amides is 2. The molecule has 8 nitrogen and oxygen atoms in total. The monoisotopic (exact) mass is 362 g/mol. The maximum absolute atomic E-state index is 12.5. The molecule has 3 aromatic heterocycles. The number of hydrogen-bond acceptors (Lipinski definition) is 4. The molecule has 136 valence electrons. The van der Waals surface area contributed by atoms with Crippen molar-refractivity contribution < 1.29 is 9.59 Å². The molecule has 4 aromatic rings. The highest BCUT2D eigenvalue weighted by Gasteiger charge is 2.11. The second-order valence-electron chi connectivity index (χ2n) is 6.26. The highest BCUT2D eigenvalue weighted by Crippen LogP contribution is 2.16. The Morgan fingerprint density at radius 2 is 2.00 bits per heavy atom. The summed E-state index contributed by atoms with van der Waals surface area (Å²) in [6, 6.07) is 9.26. The molecule has 0 atom stereocenters. The van der Waals surface area contributed by atoms with E-state index < -0.39 is 0 Å². The van der Waals surface area contributed by atoms with Crippen molar-refractivity contribution in [3.8, 4) is 0 Å². The number of aromatic amines is 1. The van der Waals surface area contributed by atoms with Crippen LogP contribution in [0.15, 0.2) is 48.9 Å². The summed E-state index contributed by atoms with van der Waals surface area (Å²) in [6.07, 6.45) is 5.42. The molecule has 3 N–H and O–H groups in total. The highest BCUT2D eigenvalue weighted by molar-refractivity contribution is 6.05. The minimum atomic E-state index is -0.176. The van der Waals surface area contributed by atoms with Crippen LogP contribution >= 0.6 is 0 Å². The van der Waals surface area contributed by atoms with Crippen molar-refractivity contribution in [2.24, 2.45) is 0 Å². The maximum atomic E-state index is 12.5. The fourth-order valence-electron chi connectivity index (χ4n) is 2.94. The van der Waals surface area contributed by atoms with Gasteiger partial charge in [0.05, 0.1) is 29.5 Å². The van der Waals surface area contributed by atoms with Crippen molar-refractivity contribution in [3.63, 3.8) is 0 Å². The Morgan fingerprint density at radius 3 is 2.85 bits per heavy atom. The summed E-state index contributed by atoms with van der Waals surface area (Å²) >= 11 is 0. The van der Waals surface area contributed by atoms with E-state index in [1.807, 2.05) is 41.1 Å². The zero-order valence-corrected chi connectivity index (χ0v) is 14.7. The number of nitrogens with one attached hydrogen (secondary N) is 3. The third-order valence-electron chi connectivity index (χ3n) is 4.26. The van der Waals surface area contributed by atoms with Gasteiger partial charge in [0.15, 0.2) is 0 Å². The first-order valence-corrected chi connectivity index (χ1v) is 8.51. The molecule has 27 heavy (non-hydrogen) atoms. The van der Waals surface area contributed by atoms with Gasteiger partial charge in [-0.3, -0.25) is 14.7 Å². The molecule has 0 aliphatic heterocycles. The summed E-state index contributed by atoms with van der Waals surface area (Å²) in [5.74, 6) is -0.248. The van der Waals surface area contributed by atoms with Crippen LogP contribution < -0.4 is 10.6 Å². The number of imidazole rings is 1. The van der Waals surface area contributed by atoms with E-state index in [0.717, 1.165) is 27.8 Å². The largest absolute Gasteiger partial charge is 0.352 e. The first kappa shape index (κ1) is 16.8. The molecular formula is C19H18N6O2. The van der Waals surface area contributed by atoms with Crippen molar-refractivity contribution in [1.29, 1.82) is 0 Å². The molecular weight excluding hydrogens is 344 g/mol. The maximum Gasteiger partial charge on any atom is 0.252 e. The number of rotatable bonds is 5. The van der Waals surface area contributed by atoms with Crippen molar-refractivity contribution in [1.82, 2.24) is 30.2 Å². The van der Waals surface area contributed by atoms with Crippen molar-refractivity contribution in [3.05, 3.63) is 65.7 Å². The Hall–Kier alpha value is -3.68. The van der Waals surface area contributed by atoms with Crippen LogP contribution in [-0.2, 0) is 17.9 Å². The molecule has 1 aromatic carbocycles. The van der Waals surface area contributed by atoms with Gasteiger partial charge >= 0.3 is 0 Å². The van der Waals surface area contributed by atoms with Crippen LogP contribution in [0.1, 0.15) is 28.5 Å². The third-order valence-corrected chi connectivity index (χ3v) is 4.26. The van der Waals surface area contributed by atoms with Gasteiger partial charge in [0.1, 0.15) is 5.65 Å². The summed E-state index contributed by atoms with van der Waals surface area (Å²) in [5, 5.41) is 13.3. The molecule has 0 saturated carbocycles. The minimum Gasteiger partial charge on any atom is -0.352 e. The van der Waals surface area contributed by atoms with Crippen LogP contribution in [-0.4, -0.2) is 31.4 Å². The van der Waals surface area contributed by atoms with Crippen LogP contribution in [0.4, 0.5) is 0 Å². The lowest BCUT2D eigenvalue weighted by atomic mass is 10.1. The van der Waals surface area contributed by atoms with E-state index in [9.17, 15) is 9.59 Å². The zero-order chi connectivity index (χ0) is 18.8. The molecule has 3 heterocycles. The van der Waals surface area contributed by atoms with Crippen molar-refractivity contribution in [2.45, 2.75) is 20.0 Å².